The van der Waals surface area contributed by atoms with Crippen LogP contribution in [0.3, 0.4) is 0 Å². The van der Waals surface area contributed by atoms with Crippen molar-refractivity contribution >= 4 is 28.8 Å². The Balaban J connectivity index is 2.02. The molecular weight excluding hydrogens is 296 g/mol. The van der Waals surface area contributed by atoms with Crippen LogP contribution in [0.25, 0.3) is 0 Å². The van der Waals surface area contributed by atoms with Gasteiger partial charge >= 0.3 is 0 Å². The summed E-state index contributed by atoms with van der Waals surface area (Å²) in [7, 11) is 1.73. The van der Waals surface area contributed by atoms with Gasteiger partial charge in [-0.15, -0.1) is 11.3 Å². The zero-order chi connectivity index (χ0) is 14.5. The molecule has 0 aromatic carbocycles. The van der Waals surface area contributed by atoms with Crippen molar-refractivity contribution in [1.82, 2.24) is 9.88 Å². The number of aliphatic hydroxyl groups excluding tert-OH is 1. The van der Waals surface area contributed by atoms with Crippen LogP contribution in [0.4, 0.5) is 0 Å². The first-order chi connectivity index (χ1) is 9.60. The number of amides is 1. The van der Waals surface area contributed by atoms with E-state index in [9.17, 15) is 4.79 Å². The first-order valence-electron chi connectivity index (χ1n) is 5.86. The molecule has 6 heteroatoms. The normalized spacial score (nSPS) is 9.95. The fourth-order valence-electron chi connectivity index (χ4n) is 1.69. The molecule has 0 saturated heterocycles. The molecule has 0 radical (unpaired) electrons. The highest BCUT2D eigenvalue weighted by molar-refractivity contribution is 7.10. The number of hydrogen-bond donors (Lipinski definition) is 2. The second-order valence-electron chi connectivity index (χ2n) is 4.17. The molecule has 2 rings (SSSR count). The Morgan fingerprint density at radius 1 is 1.55 bits per heavy atom. The minimum atomic E-state index is -0.154. The van der Waals surface area contributed by atoms with Crippen LogP contribution in [-0.2, 0) is 6.54 Å². The Morgan fingerprint density at radius 2 is 2.35 bits per heavy atom. The third-order valence-electron chi connectivity index (χ3n) is 2.59. The zero-order valence-electron chi connectivity index (χ0n) is 10.8. The van der Waals surface area contributed by atoms with Crippen LogP contribution in [0.5, 0.6) is 0 Å². The lowest BCUT2D eigenvalue weighted by Crippen LogP contribution is -2.26. The summed E-state index contributed by atoms with van der Waals surface area (Å²) in [5.41, 5.74) is 1.47. The Kier molecular flexibility index (Phi) is 4.85. The second-order valence-corrected chi connectivity index (χ2v) is 5.52. The van der Waals surface area contributed by atoms with Crippen LogP contribution in [0.15, 0.2) is 23.7 Å². The molecule has 0 aliphatic heterocycles. The molecule has 0 saturated carbocycles. The van der Waals surface area contributed by atoms with Crippen LogP contribution in [0, 0.1) is 11.8 Å². The Hall–Kier alpha value is -1.74. The fraction of sp³-hybridized carbons (Fsp3) is 0.214. The second kappa shape index (κ2) is 6.62. The number of halogens is 1. The summed E-state index contributed by atoms with van der Waals surface area (Å²) in [6, 6.07) is 3.52. The van der Waals surface area contributed by atoms with Gasteiger partial charge in [-0.3, -0.25) is 4.79 Å². The van der Waals surface area contributed by atoms with Crippen LogP contribution in [0.2, 0.25) is 5.02 Å². The van der Waals surface area contributed by atoms with E-state index in [-0.39, 0.29) is 12.5 Å². The van der Waals surface area contributed by atoms with Crippen molar-refractivity contribution in [1.29, 1.82) is 0 Å². The first-order valence-corrected chi connectivity index (χ1v) is 7.12. The number of aliphatic hydroxyl groups is 1. The van der Waals surface area contributed by atoms with Gasteiger partial charge < -0.3 is 15.0 Å². The molecule has 2 aromatic rings. The number of H-pyrrole nitrogens is 1. The van der Waals surface area contributed by atoms with Crippen molar-refractivity contribution in [3.8, 4) is 11.8 Å². The number of rotatable bonds is 3. The molecule has 0 bridgehead atoms. The van der Waals surface area contributed by atoms with Crippen LogP contribution in [0.1, 0.15) is 20.9 Å². The largest absolute Gasteiger partial charge is 0.384 e. The van der Waals surface area contributed by atoms with Gasteiger partial charge in [0, 0.05) is 19.8 Å². The van der Waals surface area contributed by atoms with Crippen molar-refractivity contribution in [2.24, 2.45) is 0 Å². The minimum Gasteiger partial charge on any atom is -0.384 e. The van der Waals surface area contributed by atoms with E-state index in [0.717, 1.165) is 10.4 Å². The Bertz CT molecular complexity index is 666. The van der Waals surface area contributed by atoms with E-state index in [0.29, 0.717) is 17.3 Å². The summed E-state index contributed by atoms with van der Waals surface area (Å²) >= 11 is 7.28. The fourth-order valence-corrected chi connectivity index (χ4v) is 2.63. The van der Waals surface area contributed by atoms with Gasteiger partial charge in [-0.05, 0) is 23.1 Å². The number of carbonyl (C=O) groups excluding carboxylic acids is 1. The maximum Gasteiger partial charge on any atom is 0.270 e. The molecule has 0 aliphatic rings. The van der Waals surface area contributed by atoms with E-state index in [2.05, 4.69) is 16.8 Å². The minimum absolute atomic E-state index is 0.119. The summed E-state index contributed by atoms with van der Waals surface area (Å²) in [4.78, 5) is 17.4. The summed E-state index contributed by atoms with van der Waals surface area (Å²) in [6.45, 7) is 0.339. The zero-order valence-corrected chi connectivity index (χ0v) is 12.4. The van der Waals surface area contributed by atoms with Gasteiger partial charge in [0.15, 0.2) is 0 Å². The Labute approximate surface area is 126 Å². The molecule has 4 nitrogen and oxygen atoms in total. The van der Waals surface area contributed by atoms with Gasteiger partial charge in [0.25, 0.3) is 5.91 Å². The summed E-state index contributed by atoms with van der Waals surface area (Å²) < 4.78 is 0. The van der Waals surface area contributed by atoms with Crippen molar-refractivity contribution < 1.29 is 9.90 Å². The van der Waals surface area contributed by atoms with Gasteiger partial charge in [0.2, 0.25) is 0 Å². The van der Waals surface area contributed by atoms with E-state index in [1.54, 1.807) is 24.2 Å². The molecule has 0 aliphatic carbocycles. The monoisotopic (exact) mass is 308 g/mol. The standard InChI is InChI=1S/C14H13ClN2O2S/c1-17(14(19)13-6-11(15)7-16-13)8-10-5-12(20-9-10)3-2-4-18/h5-7,9,16,18H,4,8H2,1H3. The lowest BCUT2D eigenvalue weighted by Gasteiger charge is -2.15. The molecule has 20 heavy (non-hydrogen) atoms. The predicted octanol–water partition coefficient (Wildman–Crippen LogP) is 2.35. The molecule has 0 fully saturated rings. The van der Waals surface area contributed by atoms with Crippen molar-refractivity contribution in [3.05, 3.63) is 44.9 Å². The van der Waals surface area contributed by atoms with Gasteiger partial charge in [-0.1, -0.05) is 23.4 Å². The third kappa shape index (κ3) is 3.64. The summed E-state index contributed by atoms with van der Waals surface area (Å²) in [6.07, 6.45) is 1.58. The lowest BCUT2D eigenvalue weighted by molar-refractivity contribution is 0.0780. The lowest BCUT2D eigenvalue weighted by atomic mass is 10.2. The summed E-state index contributed by atoms with van der Waals surface area (Å²) in [5.74, 6) is 5.32. The molecule has 2 aromatic heterocycles. The molecule has 2 heterocycles. The average molecular weight is 309 g/mol. The Morgan fingerprint density at radius 3 is 3.00 bits per heavy atom. The molecule has 2 N–H and O–H groups in total. The van der Waals surface area contributed by atoms with Crippen LogP contribution < -0.4 is 0 Å². The number of thiophene rings is 1. The van der Waals surface area contributed by atoms with Gasteiger partial charge in [-0.25, -0.2) is 0 Å². The van der Waals surface area contributed by atoms with E-state index in [1.807, 2.05) is 11.4 Å². The number of carbonyl (C=O) groups is 1. The highest BCUT2D eigenvalue weighted by Crippen LogP contribution is 2.17. The quantitative estimate of drug-likeness (QED) is 0.855. The average Bonchev–Trinajstić information content (AvgIpc) is 3.04. The number of aromatic amines is 1. The van der Waals surface area contributed by atoms with Crippen LogP contribution in [-0.4, -0.2) is 34.6 Å². The molecule has 1 amide bonds. The summed E-state index contributed by atoms with van der Waals surface area (Å²) in [5, 5.41) is 11.1. The SMILES string of the molecule is CN(Cc1csc(C#CCO)c1)C(=O)c1cc(Cl)c[nH]1. The molecule has 0 atom stereocenters. The van der Waals surface area contributed by atoms with Crippen molar-refractivity contribution in [2.75, 3.05) is 13.7 Å². The molecule has 104 valence electrons. The van der Waals surface area contributed by atoms with Crippen molar-refractivity contribution in [3.63, 3.8) is 0 Å². The van der Waals surface area contributed by atoms with Crippen molar-refractivity contribution in [2.45, 2.75) is 6.54 Å². The molecular formula is C14H13ClN2O2S. The number of nitrogens with zero attached hydrogens (tertiary/aromatic N) is 1. The highest BCUT2D eigenvalue weighted by atomic mass is 35.5. The smallest absolute Gasteiger partial charge is 0.270 e. The van der Waals surface area contributed by atoms with Gasteiger partial charge in [0.1, 0.15) is 12.3 Å². The van der Waals surface area contributed by atoms with E-state index in [4.69, 9.17) is 16.7 Å². The van der Waals surface area contributed by atoms with E-state index >= 15 is 0 Å². The third-order valence-corrected chi connectivity index (χ3v) is 3.70. The number of hydrogen-bond acceptors (Lipinski definition) is 3. The maximum atomic E-state index is 12.1. The van der Waals surface area contributed by atoms with E-state index in [1.165, 1.54) is 11.3 Å². The van der Waals surface area contributed by atoms with Gasteiger partial charge in [0.05, 0.1) is 9.90 Å². The number of aromatic nitrogens is 1. The van der Waals surface area contributed by atoms with Gasteiger partial charge in [-0.2, -0.15) is 0 Å². The molecule has 0 spiro atoms. The van der Waals surface area contributed by atoms with Crippen LogP contribution >= 0.6 is 22.9 Å². The van der Waals surface area contributed by atoms with E-state index < -0.39 is 0 Å². The topological polar surface area (TPSA) is 56.3 Å². The maximum absolute atomic E-state index is 12.1. The predicted molar refractivity (Wildman–Crippen MR) is 79.9 cm³/mol. The number of nitrogens with one attached hydrogen (secondary N) is 1. The highest BCUT2D eigenvalue weighted by Gasteiger charge is 2.14. The first kappa shape index (κ1) is 14.7. The molecule has 0 unspecified atom stereocenters.